The van der Waals surface area contributed by atoms with Crippen molar-refractivity contribution < 1.29 is 13.7 Å². The number of nitrogens with zero attached hydrogens (tertiary/aromatic N) is 4. The maximum absolute atomic E-state index is 12.9. The molecule has 150 valence electrons. The van der Waals surface area contributed by atoms with Crippen molar-refractivity contribution in [3.05, 3.63) is 89.5 Å². The molecule has 7 heteroatoms. The molecule has 0 N–H and O–H groups in total. The second kappa shape index (κ2) is 7.94. The van der Waals surface area contributed by atoms with Crippen LogP contribution in [0, 0.1) is 0 Å². The van der Waals surface area contributed by atoms with E-state index in [4.69, 9.17) is 8.94 Å². The van der Waals surface area contributed by atoms with E-state index in [9.17, 15) is 4.79 Å². The summed E-state index contributed by atoms with van der Waals surface area (Å²) >= 11 is 0. The zero-order chi connectivity index (χ0) is 20.3. The Bertz CT molecular complexity index is 1150. The molecule has 0 atom stereocenters. The molecule has 0 aliphatic carbocycles. The normalized spacial score (nSPS) is 13.3. The fourth-order valence-electron chi connectivity index (χ4n) is 3.61. The van der Waals surface area contributed by atoms with E-state index in [1.54, 1.807) is 17.2 Å². The molecule has 1 amide bonds. The molecule has 5 rings (SSSR count). The summed E-state index contributed by atoms with van der Waals surface area (Å²) in [6.07, 6.45) is 5.78. The summed E-state index contributed by atoms with van der Waals surface area (Å²) in [6, 6.07) is 15.3. The van der Waals surface area contributed by atoms with Gasteiger partial charge in [-0.05, 0) is 18.1 Å². The summed E-state index contributed by atoms with van der Waals surface area (Å²) in [5, 5.41) is 3.98. The molecule has 1 aliphatic rings. The van der Waals surface area contributed by atoms with Crippen molar-refractivity contribution in [3.8, 4) is 11.3 Å². The van der Waals surface area contributed by atoms with E-state index in [-0.39, 0.29) is 5.91 Å². The van der Waals surface area contributed by atoms with Crippen LogP contribution in [0.2, 0.25) is 0 Å². The molecule has 0 unspecified atom stereocenters. The molecule has 3 aromatic heterocycles. The lowest BCUT2D eigenvalue weighted by molar-refractivity contribution is 0.0717. The molecule has 30 heavy (non-hydrogen) atoms. The van der Waals surface area contributed by atoms with Crippen LogP contribution in [0.5, 0.6) is 0 Å². The van der Waals surface area contributed by atoms with Crippen LogP contribution >= 0.6 is 0 Å². The molecule has 0 saturated carbocycles. The molecule has 0 radical (unpaired) electrons. The lowest BCUT2D eigenvalue weighted by atomic mass is 10.1. The number of amides is 1. The number of hydrogen-bond donors (Lipinski definition) is 0. The number of carbonyl (C=O) groups excluding carboxylic acids is 1. The van der Waals surface area contributed by atoms with E-state index in [0.29, 0.717) is 43.3 Å². The number of benzene rings is 1. The molecule has 0 saturated heterocycles. The van der Waals surface area contributed by atoms with Gasteiger partial charge in [0.25, 0.3) is 5.91 Å². The Balaban J connectivity index is 1.26. The predicted octanol–water partition coefficient (Wildman–Crippen LogP) is 3.71. The monoisotopic (exact) mass is 400 g/mol. The first kappa shape index (κ1) is 18.3. The van der Waals surface area contributed by atoms with E-state index in [1.165, 1.54) is 0 Å². The van der Waals surface area contributed by atoms with Crippen molar-refractivity contribution >= 4 is 5.91 Å². The number of aromatic nitrogens is 3. The Kier molecular flexibility index (Phi) is 4.85. The van der Waals surface area contributed by atoms with Crippen LogP contribution < -0.4 is 0 Å². The Morgan fingerprint density at radius 1 is 1.10 bits per heavy atom. The maximum Gasteiger partial charge on any atom is 0.276 e. The fourth-order valence-corrected chi connectivity index (χ4v) is 3.61. The molecule has 7 nitrogen and oxygen atoms in total. The standard InChI is InChI=1S/C23H20N4O3/c28-23(18-13-21(30-26-18)17-6-2-1-3-7-17)27-12-10-20-19(15-27)25-22(29-20)9-8-16-5-4-11-24-14-16/h1-7,11,13-14H,8-10,12,15H2. The zero-order valence-electron chi connectivity index (χ0n) is 16.3. The topological polar surface area (TPSA) is 85.3 Å². The maximum atomic E-state index is 12.9. The first-order chi connectivity index (χ1) is 14.8. The van der Waals surface area contributed by atoms with Gasteiger partial charge in [0, 0.05) is 43.4 Å². The van der Waals surface area contributed by atoms with Crippen molar-refractivity contribution in [2.24, 2.45) is 0 Å². The molecule has 1 aromatic carbocycles. The smallest absolute Gasteiger partial charge is 0.276 e. The number of carbonyl (C=O) groups is 1. The van der Waals surface area contributed by atoms with Crippen molar-refractivity contribution in [2.75, 3.05) is 6.54 Å². The highest BCUT2D eigenvalue weighted by atomic mass is 16.5. The van der Waals surface area contributed by atoms with E-state index in [1.807, 2.05) is 48.7 Å². The highest BCUT2D eigenvalue weighted by Crippen LogP contribution is 2.24. The van der Waals surface area contributed by atoms with E-state index in [0.717, 1.165) is 29.0 Å². The largest absolute Gasteiger partial charge is 0.445 e. The summed E-state index contributed by atoms with van der Waals surface area (Å²) in [5.74, 6) is 1.98. The van der Waals surface area contributed by atoms with Crippen molar-refractivity contribution in [1.29, 1.82) is 0 Å². The Labute approximate surface area is 173 Å². The molecule has 4 heterocycles. The summed E-state index contributed by atoms with van der Waals surface area (Å²) in [6.45, 7) is 0.981. The zero-order valence-corrected chi connectivity index (χ0v) is 16.3. The predicted molar refractivity (Wildman–Crippen MR) is 109 cm³/mol. The molecule has 1 aliphatic heterocycles. The van der Waals surface area contributed by atoms with Gasteiger partial charge in [0.1, 0.15) is 11.5 Å². The van der Waals surface area contributed by atoms with Crippen molar-refractivity contribution in [1.82, 2.24) is 20.0 Å². The van der Waals surface area contributed by atoms with Gasteiger partial charge in [0.05, 0.1) is 6.54 Å². The van der Waals surface area contributed by atoms with Crippen molar-refractivity contribution in [2.45, 2.75) is 25.8 Å². The quantitative estimate of drug-likeness (QED) is 0.508. The minimum absolute atomic E-state index is 0.161. The first-order valence-corrected chi connectivity index (χ1v) is 9.94. The van der Waals surface area contributed by atoms with Gasteiger partial charge in [0.15, 0.2) is 17.3 Å². The highest BCUT2D eigenvalue weighted by Gasteiger charge is 2.28. The Morgan fingerprint density at radius 3 is 2.83 bits per heavy atom. The summed E-state index contributed by atoms with van der Waals surface area (Å²) < 4.78 is 11.3. The van der Waals surface area contributed by atoms with E-state index in [2.05, 4.69) is 15.1 Å². The third kappa shape index (κ3) is 3.74. The number of oxazole rings is 1. The fraction of sp³-hybridized carbons (Fsp3) is 0.217. The Morgan fingerprint density at radius 2 is 2.00 bits per heavy atom. The second-order valence-electron chi connectivity index (χ2n) is 7.26. The molecule has 0 fully saturated rings. The molecular formula is C23H20N4O3. The van der Waals surface area contributed by atoms with Crippen LogP contribution in [0.15, 0.2) is 69.9 Å². The number of aryl methyl sites for hydroxylation is 2. The van der Waals surface area contributed by atoms with Gasteiger partial charge < -0.3 is 13.8 Å². The first-order valence-electron chi connectivity index (χ1n) is 9.94. The summed E-state index contributed by atoms with van der Waals surface area (Å²) in [7, 11) is 0. The van der Waals surface area contributed by atoms with Crippen LogP contribution in [0.1, 0.15) is 33.4 Å². The molecule has 4 aromatic rings. The van der Waals surface area contributed by atoms with E-state index < -0.39 is 0 Å². The van der Waals surface area contributed by atoms with Gasteiger partial charge in [0.2, 0.25) is 0 Å². The molecule has 0 bridgehead atoms. The van der Waals surface area contributed by atoms with Crippen LogP contribution in [0.4, 0.5) is 0 Å². The number of rotatable bonds is 5. The summed E-state index contributed by atoms with van der Waals surface area (Å²) in [5.41, 5.74) is 3.16. The van der Waals surface area contributed by atoms with Gasteiger partial charge in [-0.1, -0.05) is 41.6 Å². The lowest BCUT2D eigenvalue weighted by Gasteiger charge is -2.24. The summed E-state index contributed by atoms with van der Waals surface area (Å²) in [4.78, 5) is 23.4. The van der Waals surface area contributed by atoms with Gasteiger partial charge in [-0.2, -0.15) is 0 Å². The molecular weight excluding hydrogens is 380 g/mol. The average molecular weight is 400 g/mol. The van der Waals surface area contributed by atoms with Gasteiger partial charge >= 0.3 is 0 Å². The van der Waals surface area contributed by atoms with Gasteiger partial charge in [-0.3, -0.25) is 9.78 Å². The Hall–Kier alpha value is -3.74. The molecule has 0 spiro atoms. The van der Waals surface area contributed by atoms with Crippen molar-refractivity contribution in [3.63, 3.8) is 0 Å². The van der Waals surface area contributed by atoms with E-state index >= 15 is 0 Å². The van der Waals surface area contributed by atoms with Crippen LogP contribution in [0.3, 0.4) is 0 Å². The number of pyridine rings is 1. The van der Waals surface area contributed by atoms with Crippen LogP contribution in [-0.2, 0) is 25.8 Å². The van der Waals surface area contributed by atoms with Crippen LogP contribution in [-0.4, -0.2) is 32.5 Å². The minimum atomic E-state index is -0.161. The minimum Gasteiger partial charge on any atom is -0.445 e. The second-order valence-corrected chi connectivity index (χ2v) is 7.26. The third-order valence-corrected chi connectivity index (χ3v) is 5.20. The highest BCUT2D eigenvalue weighted by molar-refractivity contribution is 5.93. The SMILES string of the molecule is O=C(c1cc(-c2ccccc2)on1)N1CCc2oc(CCc3cccnc3)nc2C1. The average Bonchev–Trinajstić information content (AvgIpc) is 3.45. The number of fused-ring (bicyclic) bond motifs is 1. The van der Waals surface area contributed by atoms with Crippen LogP contribution in [0.25, 0.3) is 11.3 Å². The lowest BCUT2D eigenvalue weighted by Crippen LogP contribution is -2.36. The number of hydrogen-bond acceptors (Lipinski definition) is 6. The van der Waals surface area contributed by atoms with Gasteiger partial charge in [-0.25, -0.2) is 4.98 Å². The van der Waals surface area contributed by atoms with Gasteiger partial charge in [-0.15, -0.1) is 0 Å². The third-order valence-electron chi connectivity index (χ3n) is 5.20.